The molecule has 0 saturated heterocycles. The van der Waals surface area contributed by atoms with Crippen LogP contribution in [0, 0.1) is 6.92 Å². The number of rotatable bonds is 1. The minimum absolute atomic E-state index is 0.140. The fourth-order valence-electron chi connectivity index (χ4n) is 2.08. The SMILES string of the molecule is Cc1cc(=O)[nH]c(-c2ccc3cc(Cl)ccc3c2)n1. The van der Waals surface area contributed by atoms with Crippen LogP contribution in [0.25, 0.3) is 22.2 Å². The Kier molecular flexibility index (Phi) is 2.84. The van der Waals surface area contributed by atoms with E-state index in [1.54, 1.807) is 6.92 Å². The highest BCUT2D eigenvalue weighted by atomic mass is 35.5. The second kappa shape index (κ2) is 4.52. The number of hydrogen-bond acceptors (Lipinski definition) is 2. The Hall–Kier alpha value is -2.13. The summed E-state index contributed by atoms with van der Waals surface area (Å²) < 4.78 is 0. The molecular weight excluding hydrogens is 260 g/mol. The van der Waals surface area contributed by atoms with E-state index in [9.17, 15) is 4.79 Å². The van der Waals surface area contributed by atoms with Crippen molar-refractivity contribution in [3.05, 3.63) is 63.5 Å². The van der Waals surface area contributed by atoms with Crippen LogP contribution in [-0.2, 0) is 0 Å². The highest BCUT2D eigenvalue weighted by Gasteiger charge is 2.03. The first kappa shape index (κ1) is 11.9. The molecule has 0 saturated carbocycles. The Labute approximate surface area is 114 Å². The number of nitrogens with zero attached hydrogens (tertiary/aromatic N) is 1. The van der Waals surface area contributed by atoms with Gasteiger partial charge in [-0.15, -0.1) is 0 Å². The number of halogens is 1. The van der Waals surface area contributed by atoms with Crippen molar-refractivity contribution in [3.63, 3.8) is 0 Å². The molecule has 0 aliphatic rings. The van der Waals surface area contributed by atoms with Gasteiger partial charge in [-0.05, 0) is 35.9 Å². The molecule has 2 aromatic carbocycles. The van der Waals surface area contributed by atoms with Crippen molar-refractivity contribution >= 4 is 22.4 Å². The number of aromatic nitrogens is 2. The maximum absolute atomic E-state index is 11.5. The zero-order chi connectivity index (χ0) is 13.4. The third-order valence-electron chi connectivity index (χ3n) is 2.95. The van der Waals surface area contributed by atoms with Gasteiger partial charge in [-0.2, -0.15) is 0 Å². The zero-order valence-electron chi connectivity index (χ0n) is 10.3. The number of aromatic amines is 1. The maximum atomic E-state index is 11.5. The van der Waals surface area contributed by atoms with Crippen LogP contribution in [0.3, 0.4) is 0 Å². The van der Waals surface area contributed by atoms with E-state index in [1.807, 2.05) is 36.4 Å². The third kappa shape index (κ3) is 2.37. The molecule has 3 rings (SSSR count). The van der Waals surface area contributed by atoms with Crippen LogP contribution in [0.5, 0.6) is 0 Å². The van der Waals surface area contributed by atoms with Gasteiger partial charge in [0.2, 0.25) is 0 Å². The van der Waals surface area contributed by atoms with E-state index in [-0.39, 0.29) is 5.56 Å². The lowest BCUT2D eigenvalue weighted by Gasteiger charge is -2.04. The summed E-state index contributed by atoms with van der Waals surface area (Å²) in [5.74, 6) is 0.585. The van der Waals surface area contributed by atoms with Gasteiger partial charge in [-0.1, -0.05) is 29.8 Å². The van der Waals surface area contributed by atoms with Crippen LogP contribution in [0.2, 0.25) is 5.02 Å². The fraction of sp³-hybridized carbons (Fsp3) is 0.0667. The molecule has 0 spiro atoms. The molecular formula is C15H11ClN2O. The Morgan fingerprint density at radius 2 is 1.79 bits per heavy atom. The van der Waals surface area contributed by atoms with Crippen LogP contribution in [0.15, 0.2) is 47.3 Å². The predicted octanol–water partition coefficient (Wildman–Crippen LogP) is 3.55. The molecule has 0 fully saturated rings. The van der Waals surface area contributed by atoms with Gasteiger partial charge < -0.3 is 4.98 Å². The normalized spacial score (nSPS) is 10.8. The number of benzene rings is 2. The second-order valence-electron chi connectivity index (χ2n) is 4.44. The molecule has 1 aromatic heterocycles. The predicted molar refractivity (Wildman–Crippen MR) is 77.5 cm³/mol. The summed E-state index contributed by atoms with van der Waals surface area (Å²) in [7, 11) is 0. The lowest BCUT2D eigenvalue weighted by atomic mass is 10.1. The van der Waals surface area contributed by atoms with E-state index in [0.717, 1.165) is 16.3 Å². The van der Waals surface area contributed by atoms with Gasteiger partial charge in [0, 0.05) is 22.3 Å². The van der Waals surface area contributed by atoms with Crippen molar-refractivity contribution in [1.82, 2.24) is 9.97 Å². The summed E-state index contributed by atoms with van der Waals surface area (Å²) in [4.78, 5) is 18.6. The fourth-order valence-corrected chi connectivity index (χ4v) is 2.26. The summed E-state index contributed by atoms with van der Waals surface area (Å²) in [6.45, 7) is 1.81. The van der Waals surface area contributed by atoms with Crippen LogP contribution in [-0.4, -0.2) is 9.97 Å². The van der Waals surface area contributed by atoms with Crippen molar-refractivity contribution in [1.29, 1.82) is 0 Å². The monoisotopic (exact) mass is 270 g/mol. The first-order valence-corrected chi connectivity index (χ1v) is 6.27. The van der Waals surface area contributed by atoms with E-state index in [1.165, 1.54) is 6.07 Å². The molecule has 19 heavy (non-hydrogen) atoms. The first-order valence-electron chi connectivity index (χ1n) is 5.89. The number of fused-ring (bicyclic) bond motifs is 1. The van der Waals surface area contributed by atoms with Crippen LogP contribution in [0.4, 0.5) is 0 Å². The van der Waals surface area contributed by atoms with Crippen LogP contribution >= 0.6 is 11.6 Å². The van der Waals surface area contributed by atoms with E-state index in [0.29, 0.717) is 16.5 Å². The van der Waals surface area contributed by atoms with Crippen LogP contribution in [0.1, 0.15) is 5.69 Å². The van der Waals surface area contributed by atoms with Gasteiger partial charge in [-0.25, -0.2) is 4.98 Å². The molecule has 0 aliphatic carbocycles. The van der Waals surface area contributed by atoms with Gasteiger partial charge in [0.25, 0.3) is 5.56 Å². The molecule has 0 unspecified atom stereocenters. The lowest BCUT2D eigenvalue weighted by Crippen LogP contribution is -2.08. The van der Waals surface area contributed by atoms with Gasteiger partial charge in [-0.3, -0.25) is 4.79 Å². The van der Waals surface area contributed by atoms with Gasteiger partial charge in [0.15, 0.2) is 0 Å². The molecule has 0 aliphatic heterocycles. The number of hydrogen-bond donors (Lipinski definition) is 1. The van der Waals surface area contributed by atoms with Crippen molar-refractivity contribution in [2.75, 3.05) is 0 Å². The zero-order valence-corrected chi connectivity index (χ0v) is 11.0. The average molecular weight is 271 g/mol. The second-order valence-corrected chi connectivity index (χ2v) is 4.88. The molecule has 1 N–H and O–H groups in total. The van der Waals surface area contributed by atoms with Gasteiger partial charge in [0.05, 0.1) is 0 Å². The molecule has 4 heteroatoms. The van der Waals surface area contributed by atoms with Crippen molar-refractivity contribution in [3.8, 4) is 11.4 Å². The van der Waals surface area contributed by atoms with Gasteiger partial charge in [0.1, 0.15) is 5.82 Å². The number of H-pyrrole nitrogens is 1. The Balaban J connectivity index is 2.20. The number of nitrogens with one attached hydrogen (secondary N) is 1. The summed E-state index contributed by atoms with van der Waals surface area (Å²) in [5, 5.41) is 2.83. The molecule has 0 bridgehead atoms. The molecule has 0 amide bonds. The smallest absolute Gasteiger partial charge is 0.251 e. The third-order valence-corrected chi connectivity index (χ3v) is 3.18. The minimum Gasteiger partial charge on any atom is -0.307 e. The Bertz CT molecular complexity index is 824. The topological polar surface area (TPSA) is 45.8 Å². The van der Waals surface area contributed by atoms with E-state index < -0.39 is 0 Å². The summed E-state index contributed by atoms with van der Waals surface area (Å²) >= 11 is 5.96. The maximum Gasteiger partial charge on any atom is 0.251 e. The quantitative estimate of drug-likeness (QED) is 0.735. The molecule has 3 aromatic rings. The molecule has 1 heterocycles. The van der Waals surface area contributed by atoms with Gasteiger partial charge >= 0.3 is 0 Å². The molecule has 0 radical (unpaired) electrons. The minimum atomic E-state index is -0.140. The van der Waals surface area contributed by atoms with Crippen LogP contribution < -0.4 is 5.56 Å². The molecule has 94 valence electrons. The van der Waals surface area contributed by atoms with E-state index in [4.69, 9.17) is 11.6 Å². The van der Waals surface area contributed by atoms with E-state index >= 15 is 0 Å². The van der Waals surface area contributed by atoms with Crippen molar-refractivity contribution < 1.29 is 0 Å². The largest absolute Gasteiger partial charge is 0.307 e. The average Bonchev–Trinajstić information content (AvgIpc) is 2.37. The highest BCUT2D eigenvalue weighted by molar-refractivity contribution is 6.31. The summed E-state index contributed by atoms with van der Waals surface area (Å²) in [5.41, 5.74) is 1.45. The Morgan fingerprint density at radius 3 is 2.58 bits per heavy atom. The Morgan fingerprint density at radius 1 is 1.05 bits per heavy atom. The highest BCUT2D eigenvalue weighted by Crippen LogP contribution is 2.24. The lowest BCUT2D eigenvalue weighted by molar-refractivity contribution is 1.07. The molecule has 0 atom stereocenters. The standard InChI is InChI=1S/C15H11ClN2O/c1-9-6-14(19)18-15(17-9)12-3-2-11-8-13(16)5-4-10(11)7-12/h2-8H,1H3,(H,17,18,19). The summed E-state index contributed by atoms with van der Waals surface area (Å²) in [6.07, 6.45) is 0. The molecule has 3 nitrogen and oxygen atoms in total. The summed E-state index contributed by atoms with van der Waals surface area (Å²) in [6, 6.07) is 13.1. The first-order chi connectivity index (χ1) is 9.11. The number of aryl methyl sites for hydroxylation is 1. The van der Waals surface area contributed by atoms with Crippen molar-refractivity contribution in [2.45, 2.75) is 6.92 Å². The van der Waals surface area contributed by atoms with E-state index in [2.05, 4.69) is 9.97 Å². The van der Waals surface area contributed by atoms with Crippen molar-refractivity contribution in [2.24, 2.45) is 0 Å².